The number of allylic oxidation sites excluding steroid dienone is 2. The average Bonchev–Trinajstić information content (AvgIpc) is 2.97. The number of esters is 1. The Bertz CT molecular complexity index is 600. The van der Waals surface area contributed by atoms with Crippen molar-refractivity contribution in [1.82, 2.24) is 0 Å². The van der Waals surface area contributed by atoms with Gasteiger partial charge in [0.05, 0.1) is 0 Å². The largest absolute Gasteiger partial charge is 0.481 e. The van der Waals surface area contributed by atoms with E-state index in [0.717, 1.165) is 57.8 Å². The summed E-state index contributed by atoms with van der Waals surface area (Å²) >= 11 is 0. The Kier molecular flexibility index (Phi) is 33.1. The number of aliphatic carboxylic acids is 1. The van der Waals surface area contributed by atoms with Crippen molar-refractivity contribution in [2.45, 2.75) is 219 Å². The first-order chi connectivity index (χ1) is 20.6. The van der Waals surface area contributed by atoms with E-state index in [1.54, 1.807) is 0 Å². The lowest BCUT2D eigenvalue weighted by atomic mass is 10.0. The number of hydrogen-bond acceptors (Lipinski definition) is 3. The molecule has 0 amide bonds. The van der Waals surface area contributed by atoms with Gasteiger partial charge in [-0.2, -0.15) is 0 Å². The molecule has 0 aromatic carbocycles. The van der Waals surface area contributed by atoms with E-state index in [1.165, 1.54) is 128 Å². The SMILES string of the molecule is CCCCCCCC/C=C\CCCCCCCCCCCC(=O)OC(CCCCC)CCCCCCCCCC(=O)O. The van der Waals surface area contributed by atoms with Gasteiger partial charge in [-0.15, -0.1) is 0 Å². The minimum Gasteiger partial charge on any atom is -0.481 e. The van der Waals surface area contributed by atoms with Gasteiger partial charge >= 0.3 is 11.9 Å². The molecular formula is C38H72O4. The Morgan fingerprint density at radius 3 is 1.33 bits per heavy atom. The topological polar surface area (TPSA) is 63.6 Å². The van der Waals surface area contributed by atoms with Crippen molar-refractivity contribution in [3.63, 3.8) is 0 Å². The maximum absolute atomic E-state index is 12.5. The Hall–Kier alpha value is -1.32. The standard InChI is InChI=1S/C38H72O4/c1-3-5-7-8-9-10-11-12-13-14-15-16-17-18-19-20-24-27-31-35-38(41)42-36(32-28-6-4-2)33-29-25-22-21-23-26-30-34-37(39)40/h12-13,36H,3-11,14-35H2,1-2H3,(H,39,40)/b13-12-. The highest BCUT2D eigenvalue weighted by Gasteiger charge is 2.14. The van der Waals surface area contributed by atoms with Gasteiger partial charge in [0.2, 0.25) is 0 Å². The lowest BCUT2D eigenvalue weighted by Crippen LogP contribution is -2.18. The number of carboxylic acid groups (broad SMARTS) is 1. The minimum atomic E-state index is -0.688. The average molecular weight is 593 g/mol. The molecule has 0 heterocycles. The first kappa shape index (κ1) is 40.7. The molecule has 0 aromatic rings. The van der Waals surface area contributed by atoms with Gasteiger partial charge in [-0.3, -0.25) is 9.59 Å². The molecule has 0 rings (SSSR count). The summed E-state index contributed by atoms with van der Waals surface area (Å²) in [5.74, 6) is -0.677. The van der Waals surface area contributed by atoms with Gasteiger partial charge in [-0.25, -0.2) is 0 Å². The molecule has 0 fully saturated rings. The fraction of sp³-hybridized carbons (Fsp3) is 0.895. The van der Waals surface area contributed by atoms with Crippen LogP contribution in [0.25, 0.3) is 0 Å². The Balaban J connectivity index is 3.66. The second kappa shape index (κ2) is 34.2. The van der Waals surface area contributed by atoms with Crippen LogP contribution in [0.3, 0.4) is 0 Å². The summed E-state index contributed by atoms with van der Waals surface area (Å²) in [7, 11) is 0. The highest BCUT2D eigenvalue weighted by atomic mass is 16.5. The van der Waals surface area contributed by atoms with Crippen LogP contribution in [-0.4, -0.2) is 23.1 Å². The molecule has 0 aliphatic rings. The molecule has 1 N–H and O–H groups in total. The number of rotatable bonds is 34. The van der Waals surface area contributed by atoms with E-state index in [1.807, 2.05) is 0 Å². The maximum Gasteiger partial charge on any atom is 0.306 e. The van der Waals surface area contributed by atoms with Crippen molar-refractivity contribution in [2.24, 2.45) is 0 Å². The van der Waals surface area contributed by atoms with Crippen LogP contribution in [0.2, 0.25) is 0 Å². The van der Waals surface area contributed by atoms with Gasteiger partial charge < -0.3 is 9.84 Å². The second-order valence-corrected chi connectivity index (χ2v) is 12.8. The zero-order chi connectivity index (χ0) is 30.8. The molecule has 248 valence electrons. The van der Waals surface area contributed by atoms with E-state index in [-0.39, 0.29) is 12.1 Å². The fourth-order valence-corrected chi connectivity index (χ4v) is 5.71. The Morgan fingerprint density at radius 1 is 0.500 bits per heavy atom. The molecule has 1 unspecified atom stereocenters. The quantitative estimate of drug-likeness (QED) is 0.0458. The third kappa shape index (κ3) is 33.2. The van der Waals surface area contributed by atoms with Crippen LogP contribution in [0.5, 0.6) is 0 Å². The number of carbonyl (C=O) groups excluding carboxylic acids is 1. The summed E-state index contributed by atoms with van der Waals surface area (Å²) in [6, 6.07) is 0. The molecule has 42 heavy (non-hydrogen) atoms. The predicted octanol–water partition coefficient (Wildman–Crippen LogP) is 12.7. The summed E-state index contributed by atoms with van der Waals surface area (Å²) in [5, 5.41) is 8.71. The normalized spacial score (nSPS) is 12.2. The number of ether oxygens (including phenoxy) is 1. The number of carbonyl (C=O) groups is 2. The van der Waals surface area contributed by atoms with Crippen molar-refractivity contribution in [3.05, 3.63) is 12.2 Å². The smallest absolute Gasteiger partial charge is 0.306 e. The molecule has 0 aliphatic carbocycles. The Labute approximate surface area is 262 Å². The first-order valence-corrected chi connectivity index (χ1v) is 18.7. The molecule has 0 aliphatic heterocycles. The van der Waals surface area contributed by atoms with E-state index in [0.29, 0.717) is 12.8 Å². The predicted molar refractivity (Wildman–Crippen MR) is 181 cm³/mol. The summed E-state index contributed by atoms with van der Waals surface area (Å²) in [6.07, 6.45) is 41.2. The monoisotopic (exact) mass is 593 g/mol. The van der Waals surface area contributed by atoms with E-state index in [2.05, 4.69) is 26.0 Å². The van der Waals surface area contributed by atoms with Crippen LogP contribution in [-0.2, 0) is 14.3 Å². The van der Waals surface area contributed by atoms with Gasteiger partial charge in [0, 0.05) is 12.8 Å². The molecule has 0 spiro atoms. The van der Waals surface area contributed by atoms with Crippen LogP contribution >= 0.6 is 0 Å². The third-order valence-electron chi connectivity index (χ3n) is 8.49. The lowest BCUT2D eigenvalue weighted by molar-refractivity contribution is -0.150. The molecule has 4 heteroatoms. The highest BCUT2D eigenvalue weighted by molar-refractivity contribution is 5.69. The molecule has 0 saturated heterocycles. The second-order valence-electron chi connectivity index (χ2n) is 12.8. The van der Waals surface area contributed by atoms with Crippen LogP contribution < -0.4 is 0 Å². The molecule has 4 nitrogen and oxygen atoms in total. The van der Waals surface area contributed by atoms with E-state index in [9.17, 15) is 9.59 Å². The van der Waals surface area contributed by atoms with Gasteiger partial charge in [-0.05, 0) is 64.2 Å². The highest BCUT2D eigenvalue weighted by Crippen LogP contribution is 2.18. The molecular weight excluding hydrogens is 520 g/mol. The minimum absolute atomic E-state index is 0.0101. The summed E-state index contributed by atoms with van der Waals surface area (Å²) in [5.41, 5.74) is 0. The molecule has 0 aromatic heterocycles. The third-order valence-corrected chi connectivity index (χ3v) is 8.49. The van der Waals surface area contributed by atoms with Crippen molar-refractivity contribution in [1.29, 1.82) is 0 Å². The van der Waals surface area contributed by atoms with Crippen LogP contribution in [0.4, 0.5) is 0 Å². The lowest BCUT2D eigenvalue weighted by Gasteiger charge is -2.18. The van der Waals surface area contributed by atoms with Gasteiger partial charge in [0.1, 0.15) is 6.10 Å². The fourth-order valence-electron chi connectivity index (χ4n) is 5.71. The number of carboxylic acids is 1. The molecule has 0 bridgehead atoms. The first-order valence-electron chi connectivity index (χ1n) is 18.7. The van der Waals surface area contributed by atoms with E-state index in [4.69, 9.17) is 9.84 Å². The van der Waals surface area contributed by atoms with Gasteiger partial charge in [-0.1, -0.05) is 148 Å². The zero-order valence-corrected chi connectivity index (χ0v) is 28.3. The van der Waals surface area contributed by atoms with Crippen molar-refractivity contribution >= 4 is 11.9 Å². The van der Waals surface area contributed by atoms with Crippen LogP contribution in [0.1, 0.15) is 213 Å². The van der Waals surface area contributed by atoms with Crippen LogP contribution in [0.15, 0.2) is 12.2 Å². The van der Waals surface area contributed by atoms with Crippen molar-refractivity contribution < 1.29 is 19.4 Å². The van der Waals surface area contributed by atoms with E-state index >= 15 is 0 Å². The molecule has 0 radical (unpaired) electrons. The van der Waals surface area contributed by atoms with Gasteiger partial charge in [0.25, 0.3) is 0 Å². The zero-order valence-electron chi connectivity index (χ0n) is 28.3. The van der Waals surface area contributed by atoms with Crippen LogP contribution in [0, 0.1) is 0 Å². The summed E-state index contributed by atoms with van der Waals surface area (Å²) in [6.45, 7) is 4.50. The van der Waals surface area contributed by atoms with Crippen molar-refractivity contribution in [3.8, 4) is 0 Å². The Morgan fingerprint density at radius 2 is 0.857 bits per heavy atom. The molecule has 0 saturated carbocycles. The maximum atomic E-state index is 12.5. The van der Waals surface area contributed by atoms with Gasteiger partial charge in [0.15, 0.2) is 0 Å². The summed E-state index contributed by atoms with van der Waals surface area (Å²) in [4.78, 5) is 23.1. The summed E-state index contributed by atoms with van der Waals surface area (Å²) < 4.78 is 5.92. The number of hydrogen-bond donors (Lipinski definition) is 1. The number of unbranched alkanes of at least 4 members (excludes halogenated alkanes) is 23. The van der Waals surface area contributed by atoms with E-state index < -0.39 is 5.97 Å². The van der Waals surface area contributed by atoms with Crippen molar-refractivity contribution in [2.75, 3.05) is 0 Å². The molecule has 1 atom stereocenters.